The highest BCUT2D eigenvalue weighted by Crippen LogP contribution is 2.14. The van der Waals surface area contributed by atoms with Gasteiger partial charge in [0, 0.05) is 6.42 Å². The molecule has 19 heavy (non-hydrogen) atoms. The molecule has 1 saturated carbocycles. The molecular formula is C15H27NO3. The summed E-state index contributed by atoms with van der Waals surface area (Å²) in [5.41, 5.74) is 0. The fourth-order valence-corrected chi connectivity index (χ4v) is 2.14. The first kappa shape index (κ1) is 16.0. The van der Waals surface area contributed by atoms with Crippen molar-refractivity contribution < 1.29 is 14.3 Å². The van der Waals surface area contributed by atoms with Gasteiger partial charge in [-0.25, -0.2) is 4.79 Å². The Labute approximate surface area is 116 Å². The fraction of sp³-hybridized carbons (Fsp3) is 0.867. The van der Waals surface area contributed by atoms with Crippen LogP contribution in [0.3, 0.4) is 0 Å². The second-order valence-corrected chi connectivity index (χ2v) is 5.31. The number of carbonyl (C=O) groups excluding carboxylic acids is 2. The van der Waals surface area contributed by atoms with E-state index in [2.05, 4.69) is 12.2 Å². The van der Waals surface area contributed by atoms with Crippen LogP contribution in [-0.4, -0.2) is 24.5 Å². The highest BCUT2D eigenvalue weighted by Gasteiger charge is 2.29. The van der Waals surface area contributed by atoms with Gasteiger partial charge in [0.15, 0.2) is 5.78 Å². The van der Waals surface area contributed by atoms with Gasteiger partial charge < -0.3 is 10.1 Å². The first-order valence-electron chi connectivity index (χ1n) is 7.70. The number of ketones is 1. The van der Waals surface area contributed by atoms with Crippen molar-refractivity contribution in [3.63, 3.8) is 0 Å². The van der Waals surface area contributed by atoms with Gasteiger partial charge in [-0.15, -0.1) is 0 Å². The number of ether oxygens (including phenoxy) is 1. The van der Waals surface area contributed by atoms with Gasteiger partial charge in [-0.2, -0.15) is 0 Å². The largest absolute Gasteiger partial charge is 0.450 e. The third kappa shape index (κ3) is 7.19. The van der Waals surface area contributed by atoms with Gasteiger partial charge in [0.1, 0.15) is 0 Å². The third-order valence-electron chi connectivity index (χ3n) is 3.59. The molecule has 0 aromatic carbocycles. The molecule has 1 N–H and O–H groups in total. The van der Waals surface area contributed by atoms with E-state index >= 15 is 0 Å². The molecule has 1 aliphatic rings. The van der Waals surface area contributed by atoms with Crippen LogP contribution in [-0.2, 0) is 9.53 Å². The lowest BCUT2D eigenvalue weighted by Crippen LogP contribution is -2.47. The summed E-state index contributed by atoms with van der Waals surface area (Å²) in [6.45, 7) is 2.68. The molecule has 4 heteroatoms. The van der Waals surface area contributed by atoms with Gasteiger partial charge in [0.2, 0.25) is 0 Å². The summed E-state index contributed by atoms with van der Waals surface area (Å²) in [4.78, 5) is 22.3. The second kappa shape index (κ2) is 9.82. The van der Waals surface area contributed by atoms with E-state index in [1.807, 2.05) is 0 Å². The molecule has 110 valence electrons. The van der Waals surface area contributed by atoms with E-state index in [9.17, 15) is 9.59 Å². The van der Waals surface area contributed by atoms with E-state index < -0.39 is 6.09 Å². The van der Waals surface area contributed by atoms with Gasteiger partial charge in [0.25, 0.3) is 0 Å². The van der Waals surface area contributed by atoms with Crippen LogP contribution >= 0.6 is 0 Å². The molecule has 0 aromatic heterocycles. The molecule has 0 saturated heterocycles. The quantitative estimate of drug-likeness (QED) is 0.617. The smallest absolute Gasteiger partial charge is 0.407 e. The van der Waals surface area contributed by atoms with Crippen LogP contribution in [0.15, 0.2) is 0 Å². The summed E-state index contributed by atoms with van der Waals surface area (Å²) < 4.78 is 5.04. The summed E-state index contributed by atoms with van der Waals surface area (Å²) in [5, 5.41) is 2.58. The second-order valence-electron chi connectivity index (χ2n) is 5.31. The Balaban J connectivity index is 1.82. The average molecular weight is 269 g/mol. The van der Waals surface area contributed by atoms with Crippen LogP contribution < -0.4 is 5.32 Å². The first-order chi connectivity index (χ1) is 9.24. The Morgan fingerprint density at radius 1 is 1.16 bits per heavy atom. The topological polar surface area (TPSA) is 55.4 Å². The molecule has 0 spiro atoms. The Hall–Kier alpha value is -1.06. The molecule has 1 atom stereocenters. The molecule has 4 nitrogen and oxygen atoms in total. The summed E-state index contributed by atoms with van der Waals surface area (Å²) >= 11 is 0. The van der Waals surface area contributed by atoms with Crippen molar-refractivity contribution in [1.82, 2.24) is 5.32 Å². The number of hydrogen-bond acceptors (Lipinski definition) is 3. The molecule has 0 unspecified atom stereocenters. The molecule has 0 aromatic rings. The minimum absolute atomic E-state index is 0.115. The van der Waals surface area contributed by atoms with Gasteiger partial charge in [0.05, 0.1) is 12.6 Å². The van der Waals surface area contributed by atoms with E-state index in [1.54, 1.807) is 0 Å². The highest BCUT2D eigenvalue weighted by molar-refractivity contribution is 5.92. The third-order valence-corrected chi connectivity index (χ3v) is 3.59. The van der Waals surface area contributed by atoms with Crippen molar-refractivity contribution in [2.45, 2.75) is 77.2 Å². The summed E-state index contributed by atoms with van der Waals surface area (Å²) in [6, 6.07) is -0.286. The monoisotopic (exact) mass is 269 g/mol. The van der Waals surface area contributed by atoms with Crippen LogP contribution in [0, 0.1) is 0 Å². The average Bonchev–Trinajstić information content (AvgIpc) is 2.41. The van der Waals surface area contributed by atoms with E-state index in [0.29, 0.717) is 13.0 Å². The molecular weight excluding hydrogens is 242 g/mol. The van der Waals surface area contributed by atoms with Crippen molar-refractivity contribution in [3.05, 3.63) is 0 Å². The molecule has 1 aliphatic carbocycles. The number of alkyl carbamates (subject to hydrolysis) is 1. The van der Waals surface area contributed by atoms with E-state index in [-0.39, 0.29) is 11.8 Å². The Kier molecular flexibility index (Phi) is 8.26. The lowest BCUT2D eigenvalue weighted by Gasteiger charge is -2.24. The van der Waals surface area contributed by atoms with Gasteiger partial charge in [-0.05, 0) is 12.8 Å². The molecule has 0 radical (unpaired) electrons. The summed E-state index contributed by atoms with van der Waals surface area (Å²) in [7, 11) is 0. The molecule has 0 heterocycles. The number of nitrogens with one attached hydrogen (secondary N) is 1. The van der Waals surface area contributed by atoms with Crippen molar-refractivity contribution in [1.29, 1.82) is 0 Å². The molecule has 1 fully saturated rings. The number of rotatable bonds is 10. The van der Waals surface area contributed by atoms with Crippen LogP contribution in [0.1, 0.15) is 71.1 Å². The maximum atomic E-state index is 11.3. The van der Waals surface area contributed by atoms with Crippen LogP contribution in [0.2, 0.25) is 0 Å². The maximum absolute atomic E-state index is 11.3. The standard InChI is InChI=1S/C15H27NO3/c1-2-3-4-5-6-7-8-9-12-19-15(18)16-13-10-11-14(13)17/h13H,2-12H2,1H3,(H,16,18)/t13-/m0/s1. The number of amides is 1. The zero-order valence-corrected chi connectivity index (χ0v) is 12.1. The summed E-state index contributed by atoms with van der Waals surface area (Å²) in [5.74, 6) is 0.115. The molecule has 1 amide bonds. The predicted octanol–water partition coefficient (Wildman–Crippen LogP) is 3.58. The van der Waals surface area contributed by atoms with Crippen molar-refractivity contribution in [2.75, 3.05) is 6.61 Å². The van der Waals surface area contributed by atoms with Crippen molar-refractivity contribution in [2.24, 2.45) is 0 Å². The lowest BCUT2D eigenvalue weighted by molar-refractivity contribution is -0.126. The van der Waals surface area contributed by atoms with Gasteiger partial charge >= 0.3 is 6.09 Å². The van der Waals surface area contributed by atoms with Crippen molar-refractivity contribution >= 4 is 11.9 Å². The van der Waals surface area contributed by atoms with Gasteiger partial charge in [-0.3, -0.25) is 4.79 Å². The van der Waals surface area contributed by atoms with E-state index in [1.165, 1.54) is 38.5 Å². The van der Waals surface area contributed by atoms with Crippen LogP contribution in [0.5, 0.6) is 0 Å². The summed E-state index contributed by atoms with van der Waals surface area (Å²) in [6.07, 6.45) is 10.7. The number of Topliss-reactive ketones (excluding diaryl/α,β-unsaturated/α-hetero) is 1. The number of unbranched alkanes of at least 4 members (excludes halogenated alkanes) is 7. The maximum Gasteiger partial charge on any atom is 0.407 e. The zero-order valence-electron chi connectivity index (χ0n) is 12.1. The van der Waals surface area contributed by atoms with E-state index in [0.717, 1.165) is 19.3 Å². The number of carbonyl (C=O) groups is 2. The van der Waals surface area contributed by atoms with Crippen LogP contribution in [0.25, 0.3) is 0 Å². The molecule has 0 bridgehead atoms. The highest BCUT2D eigenvalue weighted by atomic mass is 16.5. The van der Waals surface area contributed by atoms with Crippen molar-refractivity contribution in [3.8, 4) is 0 Å². The van der Waals surface area contributed by atoms with E-state index in [4.69, 9.17) is 4.74 Å². The molecule has 1 rings (SSSR count). The lowest BCUT2D eigenvalue weighted by atomic mass is 9.91. The fourth-order valence-electron chi connectivity index (χ4n) is 2.14. The SMILES string of the molecule is CCCCCCCCCCOC(=O)N[C@H]1CCC1=O. The zero-order chi connectivity index (χ0) is 13.9. The Morgan fingerprint density at radius 3 is 2.32 bits per heavy atom. The first-order valence-corrected chi connectivity index (χ1v) is 7.70. The number of hydrogen-bond donors (Lipinski definition) is 1. The molecule has 0 aliphatic heterocycles. The Morgan fingerprint density at radius 2 is 1.79 bits per heavy atom. The normalized spacial score (nSPS) is 17.9. The minimum Gasteiger partial charge on any atom is -0.450 e. The van der Waals surface area contributed by atoms with Gasteiger partial charge in [-0.1, -0.05) is 51.9 Å². The minimum atomic E-state index is -0.444. The Bertz CT molecular complexity index is 279. The van der Waals surface area contributed by atoms with Crippen LogP contribution in [0.4, 0.5) is 4.79 Å². The predicted molar refractivity (Wildman–Crippen MR) is 75.1 cm³/mol.